The fourth-order valence-electron chi connectivity index (χ4n) is 1.80. The molecule has 0 radical (unpaired) electrons. The number of hydrogen-bond donors (Lipinski definition) is 1. The third-order valence-corrected chi connectivity index (χ3v) is 4.44. The van der Waals surface area contributed by atoms with E-state index in [4.69, 9.17) is 4.74 Å². The van der Waals surface area contributed by atoms with Crippen LogP contribution >= 0.6 is 0 Å². The van der Waals surface area contributed by atoms with Crippen LogP contribution in [-0.4, -0.2) is 25.6 Å². The van der Waals surface area contributed by atoms with Gasteiger partial charge in [-0.05, 0) is 35.9 Å². The van der Waals surface area contributed by atoms with Crippen LogP contribution < -0.4 is 4.74 Å². The highest BCUT2D eigenvalue weighted by atomic mass is 32.2. The zero-order valence-corrected chi connectivity index (χ0v) is 12.9. The Morgan fingerprint density at radius 3 is 2.39 bits per heavy atom. The molecule has 0 aliphatic carbocycles. The number of sulfone groups is 1. The van der Waals surface area contributed by atoms with Crippen LogP contribution in [0.3, 0.4) is 0 Å². The molecule has 8 heteroatoms. The summed E-state index contributed by atoms with van der Waals surface area (Å²) in [5.74, 6) is 0.169. The van der Waals surface area contributed by atoms with Crippen molar-refractivity contribution >= 4 is 21.6 Å². The van der Waals surface area contributed by atoms with Crippen molar-refractivity contribution in [2.45, 2.75) is 4.90 Å². The predicted molar refractivity (Wildman–Crippen MR) is 84.0 cm³/mol. The molecule has 23 heavy (non-hydrogen) atoms. The molecule has 0 atom stereocenters. The molecule has 0 unspecified atom stereocenters. The Balaban J connectivity index is 2.28. The van der Waals surface area contributed by atoms with E-state index in [0.29, 0.717) is 5.56 Å². The number of rotatable bonds is 5. The SMILES string of the molecule is COc1cc(/C=C/S(=O)(=O)c2ccc([N+](=O)[O-])cc2)ccc1O. The lowest BCUT2D eigenvalue weighted by Gasteiger charge is -2.04. The quantitative estimate of drug-likeness (QED) is 0.665. The molecule has 0 aliphatic heterocycles. The summed E-state index contributed by atoms with van der Waals surface area (Å²) in [6.45, 7) is 0. The molecular formula is C15H13NO6S. The average Bonchev–Trinajstić information content (AvgIpc) is 2.54. The van der Waals surface area contributed by atoms with Gasteiger partial charge in [-0.3, -0.25) is 10.1 Å². The summed E-state index contributed by atoms with van der Waals surface area (Å²) < 4.78 is 29.3. The number of benzene rings is 2. The Hall–Kier alpha value is -2.87. The van der Waals surface area contributed by atoms with E-state index < -0.39 is 14.8 Å². The molecule has 0 aromatic heterocycles. The van der Waals surface area contributed by atoms with Crippen LogP contribution in [0.5, 0.6) is 11.5 Å². The normalized spacial score (nSPS) is 11.5. The Morgan fingerprint density at radius 2 is 1.83 bits per heavy atom. The molecule has 0 fully saturated rings. The average molecular weight is 335 g/mol. The fraction of sp³-hybridized carbons (Fsp3) is 0.0667. The lowest BCUT2D eigenvalue weighted by Crippen LogP contribution is -1.97. The highest BCUT2D eigenvalue weighted by molar-refractivity contribution is 7.94. The lowest BCUT2D eigenvalue weighted by molar-refractivity contribution is -0.384. The first kappa shape index (κ1) is 16.5. The third-order valence-electron chi connectivity index (χ3n) is 3.02. The molecule has 0 bridgehead atoms. The van der Waals surface area contributed by atoms with Gasteiger partial charge < -0.3 is 9.84 Å². The molecule has 0 heterocycles. The number of nitrogens with zero attached hydrogens (tertiary/aromatic N) is 1. The van der Waals surface area contributed by atoms with E-state index in [0.717, 1.165) is 17.5 Å². The summed E-state index contributed by atoms with van der Waals surface area (Å²) in [7, 11) is -2.35. The van der Waals surface area contributed by atoms with Gasteiger partial charge in [0.2, 0.25) is 0 Å². The van der Waals surface area contributed by atoms with E-state index >= 15 is 0 Å². The van der Waals surface area contributed by atoms with Crippen LogP contribution in [-0.2, 0) is 9.84 Å². The van der Waals surface area contributed by atoms with Crippen molar-refractivity contribution < 1.29 is 23.2 Å². The van der Waals surface area contributed by atoms with Gasteiger partial charge in [0.1, 0.15) is 0 Å². The second kappa shape index (κ2) is 6.49. The molecule has 0 amide bonds. The molecule has 0 aliphatic rings. The van der Waals surface area contributed by atoms with Gasteiger partial charge in [-0.1, -0.05) is 6.07 Å². The van der Waals surface area contributed by atoms with Crippen molar-refractivity contribution in [3.63, 3.8) is 0 Å². The second-order valence-corrected chi connectivity index (χ2v) is 6.36. The van der Waals surface area contributed by atoms with Gasteiger partial charge >= 0.3 is 0 Å². The highest BCUT2D eigenvalue weighted by Crippen LogP contribution is 2.27. The first-order valence-corrected chi connectivity index (χ1v) is 7.93. The Morgan fingerprint density at radius 1 is 1.17 bits per heavy atom. The van der Waals surface area contributed by atoms with Gasteiger partial charge in [0.05, 0.1) is 16.9 Å². The number of methoxy groups -OCH3 is 1. The maximum Gasteiger partial charge on any atom is 0.269 e. The summed E-state index contributed by atoms with van der Waals surface area (Å²) in [4.78, 5) is 9.92. The van der Waals surface area contributed by atoms with Crippen LogP contribution in [0.25, 0.3) is 6.08 Å². The number of phenols is 1. The number of ether oxygens (including phenoxy) is 1. The molecule has 2 rings (SSSR count). The zero-order chi connectivity index (χ0) is 17.0. The van der Waals surface area contributed by atoms with Crippen molar-refractivity contribution in [3.8, 4) is 11.5 Å². The largest absolute Gasteiger partial charge is 0.504 e. The molecule has 0 saturated heterocycles. The topological polar surface area (TPSA) is 107 Å². The smallest absolute Gasteiger partial charge is 0.269 e. The number of nitro groups is 1. The first-order chi connectivity index (χ1) is 10.8. The minimum Gasteiger partial charge on any atom is -0.504 e. The molecule has 2 aromatic carbocycles. The van der Waals surface area contributed by atoms with Gasteiger partial charge in [0, 0.05) is 17.5 Å². The highest BCUT2D eigenvalue weighted by Gasteiger charge is 2.13. The molecule has 0 spiro atoms. The van der Waals surface area contributed by atoms with E-state index in [1.54, 1.807) is 0 Å². The number of non-ortho nitro benzene ring substituents is 1. The van der Waals surface area contributed by atoms with Gasteiger partial charge in [0.25, 0.3) is 5.69 Å². The van der Waals surface area contributed by atoms with E-state index in [9.17, 15) is 23.6 Å². The van der Waals surface area contributed by atoms with E-state index in [1.807, 2.05) is 0 Å². The molecule has 2 aromatic rings. The number of hydrogen-bond acceptors (Lipinski definition) is 6. The Kier molecular flexibility index (Phi) is 4.65. The minimum absolute atomic E-state index is 0.0508. The second-order valence-electron chi connectivity index (χ2n) is 4.53. The van der Waals surface area contributed by atoms with Crippen LogP contribution in [0.1, 0.15) is 5.56 Å². The zero-order valence-electron chi connectivity index (χ0n) is 12.0. The molecule has 7 nitrogen and oxygen atoms in total. The lowest BCUT2D eigenvalue weighted by atomic mass is 10.2. The van der Waals surface area contributed by atoms with Crippen LogP contribution in [0.2, 0.25) is 0 Å². The number of phenolic OH excluding ortho intramolecular Hbond substituents is 1. The number of aromatic hydroxyl groups is 1. The maximum atomic E-state index is 12.2. The maximum absolute atomic E-state index is 12.2. The standard InChI is InChI=1S/C15H13NO6S/c1-22-15-10-11(2-7-14(15)17)8-9-23(20,21)13-5-3-12(4-6-13)16(18)19/h2-10,17H,1H3/b9-8+. The van der Waals surface area contributed by atoms with Crippen molar-refractivity contribution in [2.24, 2.45) is 0 Å². The van der Waals surface area contributed by atoms with Crippen molar-refractivity contribution in [1.82, 2.24) is 0 Å². The van der Waals surface area contributed by atoms with Gasteiger partial charge in [-0.25, -0.2) is 8.42 Å². The van der Waals surface area contributed by atoms with Crippen molar-refractivity contribution in [1.29, 1.82) is 0 Å². The van der Waals surface area contributed by atoms with Crippen LogP contribution in [0.15, 0.2) is 52.8 Å². The minimum atomic E-state index is -3.74. The fourth-order valence-corrected chi connectivity index (χ4v) is 2.81. The first-order valence-electron chi connectivity index (χ1n) is 6.38. The van der Waals surface area contributed by atoms with E-state index in [2.05, 4.69) is 0 Å². The molecule has 1 N–H and O–H groups in total. The molecule has 120 valence electrons. The Labute approximate surface area is 132 Å². The van der Waals surface area contributed by atoms with Crippen LogP contribution in [0, 0.1) is 10.1 Å². The van der Waals surface area contributed by atoms with E-state index in [-0.39, 0.29) is 22.1 Å². The summed E-state index contributed by atoms with van der Waals surface area (Å²) in [6, 6.07) is 9.01. The summed E-state index contributed by atoms with van der Waals surface area (Å²) in [5, 5.41) is 21.0. The van der Waals surface area contributed by atoms with Crippen molar-refractivity contribution in [3.05, 3.63) is 63.6 Å². The number of nitro benzene ring substituents is 1. The Bertz CT molecular complexity index is 856. The van der Waals surface area contributed by atoms with Gasteiger partial charge in [-0.2, -0.15) is 0 Å². The van der Waals surface area contributed by atoms with E-state index in [1.165, 1.54) is 43.5 Å². The summed E-state index contributed by atoms with van der Waals surface area (Å²) in [5.41, 5.74) is 0.335. The van der Waals surface area contributed by atoms with Gasteiger partial charge in [-0.15, -0.1) is 0 Å². The predicted octanol–water partition coefficient (Wildman–Crippen LogP) is 2.75. The summed E-state index contributed by atoms with van der Waals surface area (Å²) in [6.07, 6.45) is 1.35. The van der Waals surface area contributed by atoms with Gasteiger partial charge in [0.15, 0.2) is 21.3 Å². The monoisotopic (exact) mass is 335 g/mol. The van der Waals surface area contributed by atoms with Crippen LogP contribution in [0.4, 0.5) is 5.69 Å². The summed E-state index contributed by atoms with van der Waals surface area (Å²) >= 11 is 0. The third kappa shape index (κ3) is 3.86. The molecule has 0 saturated carbocycles. The van der Waals surface area contributed by atoms with Crippen molar-refractivity contribution in [2.75, 3.05) is 7.11 Å². The molecular weight excluding hydrogens is 322 g/mol.